The van der Waals surface area contributed by atoms with Gasteiger partial charge in [0.15, 0.2) is 0 Å². The number of hydrogen-bond donors (Lipinski definition) is 1. The lowest BCUT2D eigenvalue weighted by Crippen LogP contribution is -2.47. The van der Waals surface area contributed by atoms with Crippen molar-refractivity contribution in [2.45, 2.75) is 46.1 Å². The van der Waals surface area contributed by atoms with E-state index in [0.29, 0.717) is 32.4 Å². The summed E-state index contributed by atoms with van der Waals surface area (Å²) < 4.78 is 13.8. The van der Waals surface area contributed by atoms with Gasteiger partial charge in [0, 0.05) is 25.6 Å². The van der Waals surface area contributed by atoms with Crippen molar-refractivity contribution >= 4 is 23.4 Å². The molecule has 1 aliphatic rings. The molecule has 132 valence electrons. The van der Waals surface area contributed by atoms with E-state index in [4.69, 9.17) is 11.6 Å². The van der Waals surface area contributed by atoms with E-state index in [2.05, 4.69) is 5.32 Å². The van der Waals surface area contributed by atoms with Crippen LogP contribution in [0.1, 0.15) is 50.4 Å². The van der Waals surface area contributed by atoms with E-state index in [-0.39, 0.29) is 28.0 Å². The van der Waals surface area contributed by atoms with E-state index in [1.807, 2.05) is 25.7 Å². The molecule has 1 heterocycles. The second-order valence-electron chi connectivity index (χ2n) is 7.46. The summed E-state index contributed by atoms with van der Waals surface area (Å²) in [7, 11) is 0. The highest BCUT2D eigenvalue weighted by Gasteiger charge is 2.27. The molecule has 4 nitrogen and oxygen atoms in total. The molecule has 1 aromatic rings. The maximum Gasteiger partial charge on any atom is 0.255 e. The number of carbonyl (C=O) groups is 2. The molecule has 0 atom stereocenters. The Bertz CT molecular complexity index is 600. The first-order valence-corrected chi connectivity index (χ1v) is 8.58. The zero-order valence-electron chi connectivity index (χ0n) is 14.4. The van der Waals surface area contributed by atoms with Crippen LogP contribution in [0.25, 0.3) is 0 Å². The number of likely N-dealkylation sites (tertiary alicyclic amines) is 1. The number of hydrogen-bond acceptors (Lipinski definition) is 2. The van der Waals surface area contributed by atoms with Crippen molar-refractivity contribution in [2.24, 2.45) is 5.41 Å². The number of rotatable bonds is 3. The van der Waals surface area contributed by atoms with Crippen molar-refractivity contribution in [3.8, 4) is 0 Å². The van der Waals surface area contributed by atoms with E-state index < -0.39 is 11.7 Å². The second-order valence-corrected chi connectivity index (χ2v) is 7.87. The molecule has 2 amide bonds. The molecule has 1 aliphatic heterocycles. The average molecular weight is 355 g/mol. The van der Waals surface area contributed by atoms with Gasteiger partial charge < -0.3 is 10.2 Å². The van der Waals surface area contributed by atoms with Gasteiger partial charge in [-0.15, -0.1) is 0 Å². The Balaban J connectivity index is 1.89. The first kappa shape index (κ1) is 18.7. The molecule has 0 saturated carbocycles. The van der Waals surface area contributed by atoms with Crippen LogP contribution in [0.3, 0.4) is 0 Å². The zero-order valence-corrected chi connectivity index (χ0v) is 15.1. The van der Waals surface area contributed by atoms with Crippen LogP contribution < -0.4 is 5.32 Å². The summed E-state index contributed by atoms with van der Waals surface area (Å²) >= 11 is 5.91. The van der Waals surface area contributed by atoms with Crippen LogP contribution in [0.5, 0.6) is 0 Å². The smallest absolute Gasteiger partial charge is 0.255 e. The Morgan fingerprint density at radius 1 is 1.29 bits per heavy atom. The highest BCUT2D eigenvalue weighted by atomic mass is 35.5. The second kappa shape index (κ2) is 7.51. The van der Waals surface area contributed by atoms with E-state index in [1.165, 1.54) is 18.2 Å². The molecule has 24 heavy (non-hydrogen) atoms. The highest BCUT2D eigenvalue weighted by molar-refractivity contribution is 6.33. The van der Waals surface area contributed by atoms with Gasteiger partial charge in [-0.25, -0.2) is 4.39 Å². The Morgan fingerprint density at radius 3 is 2.46 bits per heavy atom. The first-order valence-electron chi connectivity index (χ1n) is 8.20. The minimum Gasteiger partial charge on any atom is -0.349 e. The number of nitrogens with zero attached hydrogens (tertiary/aromatic N) is 1. The standard InChI is InChI=1S/C18H24ClFN2O2/c1-18(2,3)11-15(23)22-9-7-12(8-10-22)21-17(24)16-13(19)5-4-6-14(16)20/h4-6,12H,7-11H2,1-3H3,(H,21,24). The summed E-state index contributed by atoms with van der Waals surface area (Å²) in [6.07, 6.45) is 1.83. The van der Waals surface area contributed by atoms with Gasteiger partial charge in [0.25, 0.3) is 5.91 Å². The number of nitrogens with one attached hydrogen (secondary N) is 1. The van der Waals surface area contributed by atoms with Gasteiger partial charge in [0.05, 0.1) is 10.6 Å². The van der Waals surface area contributed by atoms with Crippen molar-refractivity contribution in [3.05, 3.63) is 34.6 Å². The highest BCUT2D eigenvalue weighted by Crippen LogP contribution is 2.23. The molecule has 1 N–H and O–H groups in total. The number of carbonyl (C=O) groups excluding carboxylic acids is 2. The minimum absolute atomic E-state index is 0.0380. The third kappa shape index (κ3) is 4.94. The van der Waals surface area contributed by atoms with Crippen LogP contribution >= 0.6 is 11.6 Å². The molecule has 1 aromatic carbocycles. The van der Waals surface area contributed by atoms with Gasteiger partial charge in [-0.2, -0.15) is 0 Å². The van der Waals surface area contributed by atoms with Crippen molar-refractivity contribution in [1.29, 1.82) is 0 Å². The van der Waals surface area contributed by atoms with E-state index in [0.717, 1.165) is 0 Å². The molecular weight excluding hydrogens is 331 g/mol. The molecule has 0 unspecified atom stereocenters. The summed E-state index contributed by atoms with van der Waals surface area (Å²) in [5, 5.41) is 2.93. The number of piperidine rings is 1. The molecule has 0 aromatic heterocycles. The van der Waals surface area contributed by atoms with Gasteiger partial charge in [-0.05, 0) is 30.4 Å². The molecule has 1 fully saturated rings. The van der Waals surface area contributed by atoms with Gasteiger partial charge in [-0.1, -0.05) is 38.4 Å². The summed E-state index contributed by atoms with van der Waals surface area (Å²) in [6.45, 7) is 7.32. The zero-order chi connectivity index (χ0) is 17.9. The maximum absolute atomic E-state index is 13.8. The fourth-order valence-electron chi connectivity index (χ4n) is 2.81. The van der Waals surface area contributed by atoms with E-state index in [1.54, 1.807) is 0 Å². The molecular formula is C18H24ClFN2O2. The van der Waals surface area contributed by atoms with E-state index >= 15 is 0 Å². The van der Waals surface area contributed by atoms with Crippen LogP contribution in [0.4, 0.5) is 4.39 Å². The molecule has 0 radical (unpaired) electrons. The fraction of sp³-hybridized carbons (Fsp3) is 0.556. The van der Waals surface area contributed by atoms with Crippen molar-refractivity contribution in [3.63, 3.8) is 0 Å². The van der Waals surface area contributed by atoms with Gasteiger partial charge in [0.1, 0.15) is 5.82 Å². The summed E-state index contributed by atoms with van der Waals surface area (Å²) in [5.74, 6) is -0.986. The fourth-order valence-corrected chi connectivity index (χ4v) is 3.06. The Morgan fingerprint density at radius 2 is 1.92 bits per heavy atom. The number of benzene rings is 1. The lowest BCUT2D eigenvalue weighted by molar-refractivity contribution is -0.134. The van der Waals surface area contributed by atoms with Gasteiger partial charge >= 0.3 is 0 Å². The third-order valence-electron chi connectivity index (χ3n) is 4.05. The molecule has 0 bridgehead atoms. The average Bonchev–Trinajstić information content (AvgIpc) is 2.46. The predicted octanol–water partition coefficient (Wildman–Crippen LogP) is 3.64. The third-order valence-corrected chi connectivity index (χ3v) is 4.37. The quantitative estimate of drug-likeness (QED) is 0.901. The minimum atomic E-state index is -0.627. The molecule has 0 aliphatic carbocycles. The van der Waals surface area contributed by atoms with Crippen molar-refractivity contribution in [1.82, 2.24) is 10.2 Å². The Kier molecular flexibility index (Phi) is 5.86. The lowest BCUT2D eigenvalue weighted by Gasteiger charge is -2.34. The summed E-state index contributed by atoms with van der Waals surface area (Å²) in [4.78, 5) is 26.3. The number of amides is 2. The van der Waals surface area contributed by atoms with Crippen LogP contribution in [-0.4, -0.2) is 35.8 Å². The maximum atomic E-state index is 13.8. The van der Waals surface area contributed by atoms with Crippen LogP contribution in [0.15, 0.2) is 18.2 Å². The topological polar surface area (TPSA) is 49.4 Å². The lowest BCUT2D eigenvalue weighted by atomic mass is 9.91. The van der Waals surface area contributed by atoms with Gasteiger partial charge in [-0.3, -0.25) is 9.59 Å². The van der Waals surface area contributed by atoms with Crippen molar-refractivity contribution in [2.75, 3.05) is 13.1 Å². The van der Waals surface area contributed by atoms with Gasteiger partial charge in [0.2, 0.25) is 5.91 Å². The Hall–Kier alpha value is -1.62. The monoisotopic (exact) mass is 354 g/mol. The Labute approximate surface area is 147 Å². The van der Waals surface area contributed by atoms with Crippen LogP contribution in [-0.2, 0) is 4.79 Å². The molecule has 0 spiro atoms. The summed E-state index contributed by atoms with van der Waals surface area (Å²) in [5.41, 5.74) is -0.158. The van der Waals surface area contributed by atoms with Crippen LogP contribution in [0.2, 0.25) is 5.02 Å². The normalized spacial score (nSPS) is 16.1. The molecule has 2 rings (SSSR count). The molecule has 6 heteroatoms. The summed E-state index contributed by atoms with van der Waals surface area (Å²) in [6, 6.07) is 4.10. The number of halogens is 2. The van der Waals surface area contributed by atoms with E-state index in [9.17, 15) is 14.0 Å². The first-order chi connectivity index (χ1) is 11.2. The van der Waals surface area contributed by atoms with Crippen LogP contribution in [0, 0.1) is 11.2 Å². The molecule has 1 saturated heterocycles. The van der Waals surface area contributed by atoms with Crippen molar-refractivity contribution < 1.29 is 14.0 Å². The largest absolute Gasteiger partial charge is 0.349 e. The SMILES string of the molecule is CC(C)(C)CC(=O)N1CCC(NC(=O)c2c(F)cccc2Cl)CC1. The predicted molar refractivity (Wildman–Crippen MR) is 92.6 cm³/mol.